The fraction of sp³-hybridized carbons (Fsp3) is 0.0769. The minimum absolute atomic E-state index is 0.105. The molecule has 7 heteroatoms. The molecule has 0 saturated heterocycles. The van der Waals surface area contributed by atoms with Gasteiger partial charge in [-0.3, -0.25) is 0 Å². The Bertz CT molecular complexity index is 1410. The number of H-pyrrole nitrogens is 1. The van der Waals surface area contributed by atoms with Crippen LogP contribution >= 0.6 is 0 Å². The molecule has 5 rings (SSSR count). The van der Waals surface area contributed by atoms with Crippen LogP contribution in [-0.2, 0) is 6.42 Å². The molecule has 0 spiro atoms. The monoisotopic (exact) mass is 503 g/mol. The molecule has 6 nitrogen and oxygen atoms in total. The second kappa shape index (κ2) is 8.98. The number of ether oxygens (including phenoxy) is 1. The molecule has 0 aliphatic carbocycles. The first-order valence-corrected chi connectivity index (χ1v) is 12.1. The minimum atomic E-state index is -0.129. The van der Waals surface area contributed by atoms with Crippen molar-refractivity contribution in [2.75, 3.05) is 7.11 Å². The van der Waals surface area contributed by atoms with E-state index in [2.05, 4.69) is 4.98 Å². The molecule has 2 N–H and O–H groups in total. The molecule has 2 aliphatic rings. The molecule has 2 aliphatic heterocycles. The van der Waals surface area contributed by atoms with E-state index in [9.17, 15) is 9.90 Å². The first-order chi connectivity index (χ1) is 16.1. The molecule has 0 bridgehead atoms. The Hall–Kier alpha value is -3.80. The van der Waals surface area contributed by atoms with Gasteiger partial charge in [-0.1, -0.05) is 0 Å². The summed E-state index contributed by atoms with van der Waals surface area (Å²) in [6.45, 7) is 0. The molecule has 0 unspecified atom stereocenters. The van der Waals surface area contributed by atoms with E-state index in [-0.39, 0.29) is 26.3 Å². The molecular formula is C26H21N3O3Se. The number of nitrogens with one attached hydrogen (secondary N) is 1. The van der Waals surface area contributed by atoms with Gasteiger partial charge in [-0.15, -0.1) is 0 Å². The van der Waals surface area contributed by atoms with Gasteiger partial charge < -0.3 is 0 Å². The van der Waals surface area contributed by atoms with Crippen molar-refractivity contribution in [3.8, 4) is 28.6 Å². The van der Waals surface area contributed by atoms with Crippen LogP contribution < -0.4 is 19.4 Å². The molecule has 0 aromatic heterocycles. The summed E-state index contributed by atoms with van der Waals surface area (Å²) in [6, 6.07) is 24.8. The number of phenolic OH excluding ortho intramolecular Hbond substituents is 1. The predicted octanol–water partition coefficient (Wildman–Crippen LogP) is 2.63. The van der Waals surface area contributed by atoms with Crippen LogP contribution in [0, 0.1) is 0 Å². The number of aromatic nitrogens is 3. The van der Waals surface area contributed by atoms with E-state index < -0.39 is 0 Å². The van der Waals surface area contributed by atoms with E-state index in [0.29, 0.717) is 17.9 Å². The zero-order valence-corrected chi connectivity index (χ0v) is 19.6. The summed E-state index contributed by atoms with van der Waals surface area (Å²) in [5.41, 5.74) is 3.13. The number of phenols is 1. The molecule has 164 valence electrons. The first kappa shape index (κ1) is 21.1. The summed E-state index contributed by atoms with van der Waals surface area (Å²) in [4.78, 5) is 21.6. The Balaban J connectivity index is 1.61. The van der Waals surface area contributed by atoms with Gasteiger partial charge in [0, 0.05) is 0 Å². The standard InChI is InChI=1S/C26H21N3O3Se/c1-32-20-11-13-21(14-12-20)33-25-24-27-22(15-17-7-9-19(30)10-8-17)26(31)29(24)16-23(28-25)18-5-3-2-4-6-18/h2-14,16,28,30H,15H2,1H3. The average Bonchev–Trinajstić information content (AvgIpc) is 3.17. The van der Waals surface area contributed by atoms with Crippen LogP contribution in [0.4, 0.5) is 0 Å². The molecule has 0 radical (unpaired) electrons. The molecule has 3 aromatic rings. The van der Waals surface area contributed by atoms with Crippen molar-refractivity contribution in [3.63, 3.8) is 0 Å². The number of methoxy groups -OCH3 is 1. The van der Waals surface area contributed by atoms with Crippen molar-refractivity contribution in [1.29, 1.82) is 0 Å². The van der Waals surface area contributed by atoms with Gasteiger partial charge in [0.25, 0.3) is 0 Å². The number of benzene rings is 3. The number of aromatic amines is 1. The number of hydrogen-bond donors (Lipinski definition) is 2. The quantitative estimate of drug-likeness (QED) is 0.350. The van der Waals surface area contributed by atoms with Crippen molar-refractivity contribution in [1.82, 2.24) is 14.5 Å². The van der Waals surface area contributed by atoms with E-state index >= 15 is 0 Å². The molecule has 2 heterocycles. The summed E-state index contributed by atoms with van der Waals surface area (Å²) < 4.78 is 8.98. The van der Waals surface area contributed by atoms with Gasteiger partial charge in [0.2, 0.25) is 0 Å². The van der Waals surface area contributed by atoms with Gasteiger partial charge in [-0.2, -0.15) is 0 Å². The number of imidazole rings is 1. The third-order valence-electron chi connectivity index (χ3n) is 5.32. The van der Waals surface area contributed by atoms with E-state index in [1.54, 1.807) is 23.8 Å². The fourth-order valence-electron chi connectivity index (χ4n) is 3.60. The number of aromatic hydroxyl groups is 1. The van der Waals surface area contributed by atoms with E-state index in [4.69, 9.17) is 9.72 Å². The summed E-state index contributed by atoms with van der Waals surface area (Å²) >= 11 is -0.105. The topological polar surface area (TPSA) is 80.1 Å². The van der Waals surface area contributed by atoms with E-state index in [1.165, 1.54) is 0 Å². The fourth-order valence-corrected chi connectivity index (χ4v) is 5.50. The number of nitrogens with zero attached hydrogens (tertiary/aromatic N) is 2. The van der Waals surface area contributed by atoms with Crippen LogP contribution in [0.1, 0.15) is 11.3 Å². The van der Waals surface area contributed by atoms with Crippen LogP contribution in [0.3, 0.4) is 0 Å². The predicted molar refractivity (Wildman–Crippen MR) is 130 cm³/mol. The van der Waals surface area contributed by atoms with Gasteiger partial charge in [0.15, 0.2) is 0 Å². The molecule has 0 saturated carbocycles. The van der Waals surface area contributed by atoms with E-state index in [0.717, 1.165) is 31.6 Å². The summed E-state index contributed by atoms with van der Waals surface area (Å²) in [5, 5.41) is 9.55. The van der Waals surface area contributed by atoms with Crippen molar-refractivity contribution in [3.05, 3.63) is 107 Å². The van der Waals surface area contributed by atoms with Crippen LogP contribution in [-0.4, -0.2) is 41.7 Å². The zero-order valence-electron chi connectivity index (χ0n) is 17.9. The summed E-state index contributed by atoms with van der Waals surface area (Å²) in [7, 11) is 1.65. The number of fused-ring (bicyclic) bond motifs is 1. The maximum absolute atomic E-state index is 13.3. The second-order valence-electron chi connectivity index (χ2n) is 7.54. The Morgan fingerprint density at radius 1 is 1.00 bits per heavy atom. The number of rotatable bonds is 6. The molecule has 0 atom stereocenters. The normalized spacial score (nSPS) is 11.1. The summed E-state index contributed by atoms with van der Waals surface area (Å²) in [6.07, 6.45) is 2.23. The average molecular weight is 502 g/mol. The van der Waals surface area contributed by atoms with Gasteiger partial charge in [-0.25, -0.2) is 0 Å². The van der Waals surface area contributed by atoms with Crippen LogP contribution in [0.25, 0.3) is 17.1 Å². The third kappa shape index (κ3) is 4.42. The van der Waals surface area contributed by atoms with Gasteiger partial charge in [-0.05, 0) is 0 Å². The Kier molecular flexibility index (Phi) is 5.73. The molecule has 33 heavy (non-hydrogen) atoms. The maximum atomic E-state index is 13.3. The molecule has 0 fully saturated rings. The van der Waals surface area contributed by atoms with Crippen molar-refractivity contribution in [2.24, 2.45) is 0 Å². The van der Waals surface area contributed by atoms with Crippen molar-refractivity contribution in [2.45, 2.75) is 6.42 Å². The van der Waals surface area contributed by atoms with Crippen molar-refractivity contribution < 1.29 is 9.84 Å². The van der Waals surface area contributed by atoms with Crippen LogP contribution in [0.2, 0.25) is 0 Å². The first-order valence-electron chi connectivity index (χ1n) is 10.4. The zero-order chi connectivity index (χ0) is 22.8. The summed E-state index contributed by atoms with van der Waals surface area (Å²) in [5.74, 6) is 1.65. The Labute approximate surface area is 197 Å². The Morgan fingerprint density at radius 2 is 1.73 bits per heavy atom. The van der Waals surface area contributed by atoms with Crippen molar-refractivity contribution >= 4 is 24.0 Å². The molecular weight excluding hydrogens is 481 g/mol. The van der Waals surface area contributed by atoms with Gasteiger partial charge in [0.1, 0.15) is 0 Å². The van der Waals surface area contributed by atoms with Gasteiger partial charge >= 0.3 is 197 Å². The second-order valence-corrected chi connectivity index (χ2v) is 9.81. The van der Waals surface area contributed by atoms with Crippen LogP contribution in [0.5, 0.6) is 11.5 Å². The SMILES string of the molecule is COc1ccc([Se]c2[nH]c(-c3ccccc3)cn3c(=O)c(Cc4ccc(O)cc4)nc2-3)cc1. The third-order valence-corrected chi connectivity index (χ3v) is 7.41. The molecule has 0 amide bonds. The van der Waals surface area contributed by atoms with Gasteiger partial charge in [0.05, 0.1) is 0 Å². The van der Waals surface area contributed by atoms with E-state index in [1.807, 2.05) is 72.9 Å². The Morgan fingerprint density at radius 3 is 2.42 bits per heavy atom. The molecule has 3 aromatic carbocycles. The number of hydrogen-bond acceptors (Lipinski definition) is 4. The van der Waals surface area contributed by atoms with Crippen LogP contribution in [0.15, 0.2) is 89.9 Å².